The summed E-state index contributed by atoms with van der Waals surface area (Å²) < 4.78 is 3.18. The smallest absolute Gasteiger partial charge is 0.278 e. The Kier molecular flexibility index (Phi) is 7.00. The Morgan fingerprint density at radius 3 is 2.66 bits per heavy atom. The molecule has 10 heteroatoms. The van der Waals surface area contributed by atoms with Crippen LogP contribution >= 0.6 is 0 Å². The summed E-state index contributed by atoms with van der Waals surface area (Å²) >= 11 is 0. The zero-order valence-corrected chi connectivity index (χ0v) is 22.1. The lowest BCUT2D eigenvalue weighted by Crippen LogP contribution is -2.43. The maximum atomic E-state index is 13.2. The molecule has 0 unspecified atom stereocenters. The lowest BCUT2D eigenvalue weighted by molar-refractivity contribution is 0.0738. The Labute approximate surface area is 221 Å². The molecule has 3 aromatic rings. The van der Waals surface area contributed by atoms with Gasteiger partial charge in [0.15, 0.2) is 11.5 Å². The molecule has 4 heterocycles. The molecule has 0 amide bonds. The van der Waals surface area contributed by atoms with E-state index in [9.17, 15) is 9.90 Å². The Bertz CT molecular complexity index is 1500. The van der Waals surface area contributed by atoms with E-state index in [1.807, 2.05) is 6.08 Å². The zero-order valence-electron chi connectivity index (χ0n) is 22.1. The molecule has 0 aromatic carbocycles. The largest absolute Gasteiger partial charge is 0.384 e. The monoisotopic (exact) mass is 514 g/mol. The van der Waals surface area contributed by atoms with E-state index < -0.39 is 5.60 Å². The van der Waals surface area contributed by atoms with Crippen LogP contribution in [0.3, 0.4) is 0 Å². The van der Waals surface area contributed by atoms with Crippen LogP contribution in [0, 0.1) is 0 Å². The van der Waals surface area contributed by atoms with Gasteiger partial charge in [-0.1, -0.05) is 24.3 Å². The van der Waals surface area contributed by atoms with Gasteiger partial charge in [-0.15, -0.1) is 6.58 Å². The first-order valence-electron chi connectivity index (χ1n) is 12.8. The minimum atomic E-state index is -1.14. The fraction of sp³-hybridized carbons (Fsp3) is 0.357. The van der Waals surface area contributed by atoms with Gasteiger partial charge in [-0.2, -0.15) is 4.98 Å². The fourth-order valence-corrected chi connectivity index (χ4v) is 4.63. The molecule has 1 aliphatic carbocycles. The Morgan fingerprint density at radius 2 is 1.92 bits per heavy atom. The lowest BCUT2D eigenvalue weighted by Gasteiger charge is -2.34. The van der Waals surface area contributed by atoms with Crippen molar-refractivity contribution in [3.05, 3.63) is 88.8 Å². The molecule has 1 aliphatic heterocycles. The summed E-state index contributed by atoms with van der Waals surface area (Å²) in [4.78, 5) is 31.8. The number of rotatable bonds is 7. The predicted molar refractivity (Wildman–Crippen MR) is 149 cm³/mol. The molecular formula is C28H34N8O2. The third-order valence-electron chi connectivity index (χ3n) is 6.78. The van der Waals surface area contributed by atoms with Crippen molar-refractivity contribution in [3.8, 4) is 5.82 Å². The van der Waals surface area contributed by atoms with Crippen molar-refractivity contribution in [2.75, 3.05) is 38.5 Å². The number of piperazine rings is 1. The second-order valence-electron chi connectivity index (χ2n) is 10.1. The van der Waals surface area contributed by atoms with Crippen molar-refractivity contribution >= 4 is 17.0 Å². The van der Waals surface area contributed by atoms with Crippen molar-refractivity contribution in [2.24, 2.45) is 0 Å². The van der Waals surface area contributed by atoms with Crippen LogP contribution in [0.5, 0.6) is 0 Å². The number of anilines is 1. The van der Waals surface area contributed by atoms with Crippen LogP contribution in [0.4, 0.5) is 5.95 Å². The van der Waals surface area contributed by atoms with E-state index in [-0.39, 0.29) is 12.1 Å². The first-order chi connectivity index (χ1) is 18.2. The Balaban J connectivity index is 1.47. The molecule has 2 N–H and O–H groups in total. The minimum absolute atomic E-state index is 0.239. The van der Waals surface area contributed by atoms with Crippen LogP contribution in [-0.2, 0) is 12.1 Å². The molecule has 0 atom stereocenters. The summed E-state index contributed by atoms with van der Waals surface area (Å²) in [5.41, 5.74) is 1.63. The standard InChI is InChI=1S/C28H34N8O2/c1-5-14-35-26(37)22-19-29-27(32-25(22)36(35)24-11-7-10-23(31-24)28(2,3)38)30-20-8-6-9-21(13-12-20)34-17-15-33(4)16-18-34/h5,7-13,19,38H,1,6,14-18H2,2-4H3,(H,29,30,32). The topological polar surface area (TPSA) is 104 Å². The molecule has 0 radical (unpaired) electrons. The van der Waals surface area contributed by atoms with E-state index in [4.69, 9.17) is 4.98 Å². The normalized spacial score (nSPS) is 16.8. The van der Waals surface area contributed by atoms with Gasteiger partial charge in [-0.25, -0.2) is 19.3 Å². The molecule has 198 valence electrons. The molecule has 2 aliphatic rings. The fourth-order valence-electron chi connectivity index (χ4n) is 4.63. The SMILES string of the molecule is C=CCn1c(=O)c2cnc(NC3=CCC=C(N4CCN(C)CC4)C=C3)nc2n1-c1cccc(C(C)(C)O)n1. The summed E-state index contributed by atoms with van der Waals surface area (Å²) in [5.74, 6) is 0.845. The molecule has 1 fully saturated rings. The Hall–Kier alpha value is -4.02. The number of nitrogens with one attached hydrogen (secondary N) is 1. The zero-order chi connectivity index (χ0) is 26.9. The average molecular weight is 515 g/mol. The van der Waals surface area contributed by atoms with Crippen LogP contribution in [0.1, 0.15) is 26.0 Å². The van der Waals surface area contributed by atoms with E-state index in [0.717, 1.165) is 38.3 Å². The maximum absolute atomic E-state index is 13.2. The van der Waals surface area contributed by atoms with Gasteiger partial charge in [-0.05, 0) is 51.6 Å². The highest BCUT2D eigenvalue weighted by atomic mass is 16.3. The lowest BCUT2D eigenvalue weighted by atomic mass is 10.1. The van der Waals surface area contributed by atoms with Gasteiger partial charge in [0.05, 0.1) is 12.2 Å². The van der Waals surface area contributed by atoms with Crippen molar-refractivity contribution < 1.29 is 5.11 Å². The number of likely N-dealkylation sites (N-methyl/N-ethyl adjacent to an activating group) is 1. The number of aromatic nitrogens is 5. The number of hydrogen-bond acceptors (Lipinski definition) is 8. The van der Waals surface area contributed by atoms with Gasteiger partial charge >= 0.3 is 0 Å². The first kappa shape index (κ1) is 25.6. The van der Waals surface area contributed by atoms with Crippen molar-refractivity contribution in [1.82, 2.24) is 34.1 Å². The first-order valence-corrected chi connectivity index (χ1v) is 12.8. The predicted octanol–water partition coefficient (Wildman–Crippen LogP) is 2.78. The van der Waals surface area contributed by atoms with Gasteiger partial charge in [-0.3, -0.25) is 4.79 Å². The van der Waals surface area contributed by atoms with Crippen molar-refractivity contribution in [1.29, 1.82) is 0 Å². The number of allylic oxidation sites excluding steroid dienone is 5. The van der Waals surface area contributed by atoms with Crippen molar-refractivity contribution in [3.63, 3.8) is 0 Å². The third kappa shape index (κ3) is 5.18. The van der Waals surface area contributed by atoms with E-state index in [2.05, 4.69) is 56.9 Å². The molecule has 5 rings (SSSR count). The van der Waals surface area contributed by atoms with Crippen molar-refractivity contribution in [2.45, 2.75) is 32.4 Å². The molecule has 10 nitrogen and oxygen atoms in total. The van der Waals surface area contributed by atoms with Crippen LogP contribution < -0.4 is 10.9 Å². The van der Waals surface area contributed by atoms with E-state index in [0.29, 0.717) is 28.5 Å². The summed E-state index contributed by atoms with van der Waals surface area (Å²) in [5, 5.41) is 14.2. The molecule has 3 aromatic heterocycles. The van der Waals surface area contributed by atoms with Crippen LogP contribution in [-0.4, -0.2) is 72.4 Å². The van der Waals surface area contributed by atoms with Gasteiger partial charge in [0.1, 0.15) is 11.0 Å². The van der Waals surface area contributed by atoms with Crippen LogP contribution in [0.15, 0.2) is 77.5 Å². The summed E-state index contributed by atoms with van der Waals surface area (Å²) in [6.07, 6.45) is 12.5. The summed E-state index contributed by atoms with van der Waals surface area (Å²) in [6.45, 7) is 11.5. The van der Waals surface area contributed by atoms with E-state index in [1.165, 1.54) is 16.6 Å². The molecule has 0 bridgehead atoms. The van der Waals surface area contributed by atoms with Gasteiger partial charge in [0.2, 0.25) is 5.95 Å². The van der Waals surface area contributed by atoms with Crippen LogP contribution in [0.2, 0.25) is 0 Å². The number of hydrogen-bond donors (Lipinski definition) is 2. The highest BCUT2D eigenvalue weighted by Crippen LogP contribution is 2.22. The van der Waals surface area contributed by atoms with Crippen LogP contribution in [0.25, 0.3) is 16.9 Å². The third-order valence-corrected chi connectivity index (χ3v) is 6.78. The van der Waals surface area contributed by atoms with E-state index >= 15 is 0 Å². The maximum Gasteiger partial charge on any atom is 0.278 e. The van der Waals surface area contributed by atoms with E-state index in [1.54, 1.807) is 42.8 Å². The number of nitrogens with zero attached hydrogens (tertiary/aromatic N) is 7. The van der Waals surface area contributed by atoms with Gasteiger partial charge in [0.25, 0.3) is 5.56 Å². The molecule has 0 saturated carbocycles. The number of pyridine rings is 1. The number of fused-ring (bicyclic) bond motifs is 1. The second kappa shape index (κ2) is 10.4. The molecule has 1 saturated heterocycles. The highest BCUT2D eigenvalue weighted by molar-refractivity contribution is 5.76. The Morgan fingerprint density at radius 1 is 1.13 bits per heavy atom. The summed E-state index contributed by atoms with van der Waals surface area (Å²) in [7, 11) is 2.15. The quantitative estimate of drug-likeness (QED) is 0.464. The number of aliphatic hydroxyl groups is 1. The summed E-state index contributed by atoms with van der Waals surface area (Å²) in [6, 6.07) is 5.34. The molecule has 0 spiro atoms. The molecular weight excluding hydrogens is 480 g/mol. The average Bonchev–Trinajstić information content (AvgIpc) is 3.02. The van der Waals surface area contributed by atoms with Gasteiger partial charge in [0, 0.05) is 43.8 Å². The molecule has 38 heavy (non-hydrogen) atoms. The minimum Gasteiger partial charge on any atom is -0.384 e. The van der Waals surface area contributed by atoms with Gasteiger partial charge < -0.3 is 20.2 Å². The highest BCUT2D eigenvalue weighted by Gasteiger charge is 2.22. The second-order valence-corrected chi connectivity index (χ2v) is 10.1.